The minimum absolute atomic E-state index is 0.0671. The van der Waals surface area contributed by atoms with Crippen molar-refractivity contribution in [3.8, 4) is 11.5 Å². The van der Waals surface area contributed by atoms with Crippen molar-refractivity contribution in [1.29, 1.82) is 0 Å². The molecule has 28 heavy (non-hydrogen) atoms. The number of hydrogen-bond acceptors (Lipinski definition) is 10. The van der Waals surface area contributed by atoms with Gasteiger partial charge in [-0.25, -0.2) is 9.59 Å². The van der Waals surface area contributed by atoms with E-state index >= 15 is 0 Å². The Kier molecular flexibility index (Phi) is 8.34. The van der Waals surface area contributed by atoms with E-state index < -0.39 is 22.2 Å². The molecule has 2 aromatic rings. The summed E-state index contributed by atoms with van der Waals surface area (Å²) < 4.78 is 17.7. The molecule has 0 saturated heterocycles. The van der Waals surface area contributed by atoms with Crippen molar-refractivity contribution < 1.29 is 38.4 Å². The van der Waals surface area contributed by atoms with Gasteiger partial charge in [-0.1, -0.05) is 0 Å². The van der Waals surface area contributed by atoms with Gasteiger partial charge in [0.2, 0.25) is 0 Å². The largest absolute Gasteiger partial charge is 0.519 e. The number of nitrogens with zero attached hydrogens (tertiary/aromatic N) is 2. The normalized spacial score (nSPS) is 9.21. The monoisotopic (exact) mass is 394 g/mol. The van der Waals surface area contributed by atoms with Crippen LogP contribution in [0, 0.1) is 20.2 Å². The molecule has 148 valence electrons. The highest BCUT2D eigenvalue weighted by atomic mass is 16.7. The first-order chi connectivity index (χ1) is 13.3. The van der Waals surface area contributed by atoms with E-state index in [0.717, 1.165) is 0 Å². The second-order valence-corrected chi connectivity index (χ2v) is 4.61. The second-order valence-electron chi connectivity index (χ2n) is 4.61. The van der Waals surface area contributed by atoms with Gasteiger partial charge in [0.25, 0.3) is 11.4 Å². The van der Waals surface area contributed by atoms with Crippen molar-refractivity contribution >= 4 is 23.7 Å². The van der Waals surface area contributed by atoms with Crippen molar-refractivity contribution in [3.63, 3.8) is 0 Å². The Hall–Kier alpha value is -4.22. The summed E-state index contributed by atoms with van der Waals surface area (Å²) in [6, 6.07) is 9.68. The highest BCUT2D eigenvalue weighted by molar-refractivity contribution is 5.67. The lowest BCUT2D eigenvalue weighted by Gasteiger charge is -2.05. The molecular formula is C16H14N2O10. The summed E-state index contributed by atoms with van der Waals surface area (Å²) in [7, 11) is 2.51. The van der Waals surface area contributed by atoms with E-state index in [0.29, 0.717) is 0 Å². The van der Waals surface area contributed by atoms with E-state index in [2.05, 4.69) is 9.47 Å². The Balaban J connectivity index is 0.000000568. The van der Waals surface area contributed by atoms with E-state index in [1.165, 1.54) is 62.8 Å². The fourth-order valence-electron chi connectivity index (χ4n) is 1.57. The molecule has 0 fully saturated rings. The SMILES string of the molecule is COC(=O)OC.O=C(Oc1ccc([N+](=O)[O-])cc1)Oc1ccc([N+](=O)[O-])cc1. The predicted octanol–water partition coefficient (Wildman–Crippen LogP) is 3.48. The van der Waals surface area contributed by atoms with Gasteiger partial charge in [0.1, 0.15) is 11.5 Å². The van der Waals surface area contributed by atoms with Crippen molar-refractivity contribution in [2.75, 3.05) is 14.2 Å². The van der Waals surface area contributed by atoms with Crippen LogP contribution in [0.2, 0.25) is 0 Å². The summed E-state index contributed by atoms with van der Waals surface area (Å²) in [5.74, 6) is 0.134. The van der Waals surface area contributed by atoms with Gasteiger partial charge in [-0.3, -0.25) is 20.2 Å². The molecule has 0 heterocycles. The molecule has 0 atom stereocenters. The number of carbonyl (C=O) groups excluding carboxylic acids is 2. The quantitative estimate of drug-likeness (QED) is 0.325. The molecule has 0 aliphatic carbocycles. The van der Waals surface area contributed by atoms with E-state index in [-0.39, 0.29) is 22.9 Å². The highest BCUT2D eigenvalue weighted by Gasteiger charge is 2.11. The fraction of sp³-hybridized carbons (Fsp3) is 0.125. The molecule has 0 bridgehead atoms. The molecular weight excluding hydrogens is 380 g/mol. The maximum Gasteiger partial charge on any atom is 0.519 e. The number of benzene rings is 2. The maximum absolute atomic E-state index is 11.5. The summed E-state index contributed by atoms with van der Waals surface area (Å²) in [5.41, 5.74) is -0.285. The molecule has 12 nitrogen and oxygen atoms in total. The topological polar surface area (TPSA) is 157 Å². The van der Waals surface area contributed by atoms with Crippen molar-refractivity contribution in [3.05, 3.63) is 68.8 Å². The van der Waals surface area contributed by atoms with E-state index in [1.54, 1.807) is 0 Å². The van der Waals surface area contributed by atoms with Crippen LogP contribution in [0.3, 0.4) is 0 Å². The van der Waals surface area contributed by atoms with Crippen LogP contribution in [-0.2, 0) is 9.47 Å². The average Bonchev–Trinajstić information content (AvgIpc) is 2.68. The molecule has 0 saturated carbocycles. The summed E-state index contributed by atoms with van der Waals surface area (Å²) in [6.07, 6.45) is -1.72. The Morgan fingerprint density at radius 2 is 1.00 bits per heavy atom. The van der Waals surface area contributed by atoms with Crippen LogP contribution in [0.25, 0.3) is 0 Å². The minimum atomic E-state index is -1.07. The number of hydrogen-bond donors (Lipinski definition) is 0. The number of ether oxygens (including phenoxy) is 4. The van der Waals surface area contributed by atoms with Crippen molar-refractivity contribution in [2.45, 2.75) is 0 Å². The first kappa shape index (κ1) is 21.8. The maximum atomic E-state index is 11.5. The standard InChI is InChI=1S/C13H8N2O7.C3H6O3/c16-13(21-11-5-1-9(2-6-11)14(17)18)22-12-7-3-10(4-8-12)15(19)20;1-5-3(4)6-2/h1-8H;1-2H3. The molecule has 0 unspecified atom stereocenters. The third-order valence-corrected chi connectivity index (χ3v) is 2.83. The van der Waals surface area contributed by atoms with Crippen LogP contribution in [-0.4, -0.2) is 36.4 Å². The summed E-state index contributed by atoms with van der Waals surface area (Å²) in [6.45, 7) is 0. The number of rotatable bonds is 4. The van der Waals surface area contributed by atoms with Crippen LogP contribution in [0.4, 0.5) is 21.0 Å². The van der Waals surface area contributed by atoms with Crippen LogP contribution in [0.15, 0.2) is 48.5 Å². The molecule has 0 aromatic heterocycles. The van der Waals surface area contributed by atoms with Crippen LogP contribution in [0.1, 0.15) is 0 Å². The molecule has 0 aliphatic heterocycles. The first-order valence-corrected chi connectivity index (χ1v) is 7.27. The van der Waals surface area contributed by atoms with Crippen molar-refractivity contribution in [2.24, 2.45) is 0 Å². The molecule has 0 radical (unpaired) electrons. The number of carbonyl (C=O) groups is 2. The van der Waals surface area contributed by atoms with Crippen LogP contribution in [0.5, 0.6) is 11.5 Å². The molecule has 0 amide bonds. The zero-order chi connectivity index (χ0) is 21.1. The van der Waals surface area contributed by atoms with Gasteiger partial charge in [0.05, 0.1) is 24.1 Å². The third-order valence-electron chi connectivity index (χ3n) is 2.83. The van der Waals surface area contributed by atoms with Gasteiger partial charge < -0.3 is 18.9 Å². The highest BCUT2D eigenvalue weighted by Crippen LogP contribution is 2.20. The number of non-ortho nitro benzene ring substituents is 2. The van der Waals surface area contributed by atoms with E-state index in [9.17, 15) is 29.8 Å². The molecule has 12 heteroatoms. The lowest BCUT2D eigenvalue weighted by atomic mass is 10.3. The summed E-state index contributed by atoms with van der Waals surface area (Å²) in [5, 5.41) is 21.0. The van der Waals surface area contributed by atoms with Gasteiger partial charge in [0.15, 0.2) is 0 Å². The van der Waals surface area contributed by atoms with Gasteiger partial charge in [0, 0.05) is 24.3 Å². The smallest absolute Gasteiger partial charge is 0.438 e. The number of nitro groups is 2. The van der Waals surface area contributed by atoms with Gasteiger partial charge in [-0.05, 0) is 24.3 Å². The fourth-order valence-corrected chi connectivity index (χ4v) is 1.57. The van der Waals surface area contributed by atoms with Crippen LogP contribution < -0.4 is 9.47 Å². The Morgan fingerprint density at radius 3 is 1.21 bits per heavy atom. The molecule has 2 aromatic carbocycles. The zero-order valence-electron chi connectivity index (χ0n) is 14.6. The van der Waals surface area contributed by atoms with Gasteiger partial charge >= 0.3 is 12.3 Å². The zero-order valence-corrected chi connectivity index (χ0v) is 14.6. The predicted molar refractivity (Wildman–Crippen MR) is 92.3 cm³/mol. The number of methoxy groups -OCH3 is 2. The van der Waals surface area contributed by atoms with Gasteiger partial charge in [-0.15, -0.1) is 0 Å². The Bertz CT molecular complexity index is 766. The van der Waals surface area contributed by atoms with Crippen molar-refractivity contribution in [1.82, 2.24) is 0 Å². The van der Waals surface area contributed by atoms with Gasteiger partial charge in [-0.2, -0.15) is 0 Å². The van der Waals surface area contributed by atoms with E-state index in [4.69, 9.17) is 9.47 Å². The Labute approximate surface area is 157 Å². The van der Waals surface area contributed by atoms with Crippen LogP contribution >= 0.6 is 0 Å². The lowest BCUT2D eigenvalue weighted by Crippen LogP contribution is -2.13. The first-order valence-electron chi connectivity index (χ1n) is 7.27. The second kappa shape index (κ2) is 10.7. The molecule has 0 N–H and O–H groups in total. The molecule has 2 rings (SSSR count). The third kappa shape index (κ3) is 7.35. The summed E-state index contributed by atoms with van der Waals surface area (Å²) in [4.78, 5) is 41.0. The Morgan fingerprint density at radius 1 is 0.679 bits per heavy atom. The lowest BCUT2D eigenvalue weighted by molar-refractivity contribution is -0.385. The molecule has 0 spiro atoms. The summed E-state index contributed by atoms with van der Waals surface area (Å²) >= 11 is 0. The number of nitro benzene ring substituents is 2. The minimum Gasteiger partial charge on any atom is -0.438 e. The molecule has 0 aliphatic rings. The van der Waals surface area contributed by atoms with E-state index in [1.807, 2.05) is 0 Å². The average molecular weight is 394 g/mol.